The van der Waals surface area contributed by atoms with Gasteiger partial charge in [-0.1, -0.05) is 0 Å². The summed E-state index contributed by atoms with van der Waals surface area (Å²) in [4.78, 5) is 31.1. The molecule has 1 aromatic carbocycles. The average molecular weight is 386 g/mol. The molecule has 3 aliphatic rings. The van der Waals surface area contributed by atoms with Crippen LogP contribution in [0.5, 0.6) is 0 Å². The number of carbonyl (C=O) groups excluding carboxylic acids is 2. The second-order valence-electron chi connectivity index (χ2n) is 7.84. The van der Waals surface area contributed by atoms with Gasteiger partial charge < -0.3 is 19.9 Å². The smallest absolute Gasteiger partial charge is 0.251 e. The zero-order valence-electron chi connectivity index (χ0n) is 16.4. The summed E-state index contributed by atoms with van der Waals surface area (Å²) in [6.07, 6.45) is 2.13. The highest BCUT2D eigenvalue weighted by Crippen LogP contribution is 2.31. The van der Waals surface area contributed by atoms with E-state index in [0.29, 0.717) is 23.9 Å². The Labute approximate surface area is 166 Å². The van der Waals surface area contributed by atoms with Gasteiger partial charge in [-0.3, -0.25) is 14.5 Å². The molecule has 1 aliphatic carbocycles. The molecule has 2 saturated heterocycles. The fraction of sp³-hybridized carbons (Fsp3) is 0.619. The average Bonchev–Trinajstić information content (AvgIpc) is 3.60. The summed E-state index contributed by atoms with van der Waals surface area (Å²) in [6.45, 7) is 8.21. The van der Waals surface area contributed by atoms with Crippen LogP contribution in [0.4, 0.5) is 5.69 Å². The van der Waals surface area contributed by atoms with Gasteiger partial charge in [0.1, 0.15) is 0 Å². The van der Waals surface area contributed by atoms with Crippen LogP contribution in [0.1, 0.15) is 23.2 Å². The predicted octanol–water partition coefficient (Wildman–Crippen LogP) is 0.807. The maximum Gasteiger partial charge on any atom is 0.251 e. The maximum atomic E-state index is 12.3. The highest BCUT2D eigenvalue weighted by atomic mass is 16.5. The van der Waals surface area contributed by atoms with E-state index in [0.717, 1.165) is 77.6 Å². The summed E-state index contributed by atoms with van der Waals surface area (Å²) in [7, 11) is 0. The molecule has 1 saturated carbocycles. The molecule has 3 fully saturated rings. The lowest BCUT2D eigenvalue weighted by Crippen LogP contribution is -2.49. The van der Waals surface area contributed by atoms with E-state index in [1.54, 1.807) is 0 Å². The van der Waals surface area contributed by atoms with Crippen molar-refractivity contribution in [1.29, 1.82) is 0 Å². The van der Waals surface area contributed by atoms with Crippen molar-refractivity contribution < 1.29 is 14.3 Å². The molecule has 1 aromatic rings. The van der Waals surface area contributed by atoms with Crippen LogP contribution in [-0.2, 0) is 9.53 Å². The summed E-state index contributed by atoms with van der Waals surface area (Å²) in [5.41, 5.74) is 1.80. The first-order valence-electron chi connectivity index (χ1n) is 10.4. The summed E-state index contributed by atoms with van der Waals surface area (Å²) in [6, 6.07) is 7.80. The predicted molar refractivity (Wildman–Crippen MR) is 108 cm³/mol. The number of morpholine rings is 1. The van der Waals surface area contributed by atoms with E-state index in [4.69, 9.17) is 4.74 Å². The first kappa shape index (κ1) is 19.2. The molecule has 4 rings (SSSR count). The number of ether oxygens (including phenoxy) is 1. The Bertz CT molecular complexity index is 675. The van der Waals surface area contributed by atoms with E-state index in [2.05, 4.69) is 15.1 Å². The fourth-order valence-electron chi connectivity index (χ4n) is 3.85. The third-order valence-corrected chi connectivity index (χ3v) is 5.83. The molecule has 7 heteroatoms. The summed E-state index contributed by atoms with van der Waals surface area (Å²) >= 11 is 0. The van der Waals surface area contributed by atoms with Crippen LogP contribution < -0.4 is 10.2 Å². The van der Waals surface area contributed by atoms with Crippen LogP contribution in [0.2, 0.25) is 0 Å². The zero-order chi connectivity index (χ0) is 19.3. The second-order valence-corrected chi connectivity index (χ2v) is 7.84. The molecule has 0 unspecified atom stereocenters. The van der Waals surface area contributed by atoms with Gasteiger partial charge in [-0.25, -0.2) is 0 Å². The molecule has 7 nitrogen and oxygen atoms in total. The first-order valence-corrected chi connectivity index (χ1v) is 10.4. The SMILES string of the molecule is O=C(NCCN1CCOCC1)c1ccc(N2CCN(C(=O)C3CC3)CC2)cc1. The van der Waals surface area contributed by atoms with E-state index in [9.17, 15) is 9.59 Å². The normalized spacial score (nSPS) is 20.9. The van der Waals surface area contributed by atoms with Gasteiger partial charge in [-0.2, -0.15) is 0 Å². The van der Waals surface area contributed by atoms with Crippen LogP contribution in [0.15, 0.2) is 24.3 Å². The Morgan fingerprint density at radius 2 is 1.64 bits per heavy atom. The summed E-state index contributed by atoms with van der Waals surface area (Å²) in [5.74, 6) is 0.607. The number of anilines is 1. The van der Waals surface area contributed by atoms with E-state index in [1.807, 2.05) is 29.2 Å². The van der Waals surface area contributed by atoms with Crippen LogP contribution in [0.25, 0.3) is 0 Å². The third-order valence-electron chi connectivity index (χ3n) is 5.83. The van der Waals surface area contributed by atoms with Gasteiger partial charge >= 0.3 is 0 Å². The van der Waals surface area contributed by atoms with E-state index >= 15 is 0 Å². The van der Waals surface area contributed by atoms with Crippen LogP contribution in [0.3, 0.4) is 0 Å². The molecular formula is C21H30N4O3. The molecule has 28 heavy (non-hydrogen) atoms. The van der Waals surface area contributed by atoms with Crippen molar-refractivity contribution in [2.45, 2.75) is 12.8 Å². The number of hydrogen-bond acceptors (Lipinski definition) is 5. The van der Waals surface area contributed by atoms with E-state index in [1.165, 1.54) is 0 Å². The summed E-state index contributed by atoms with van der Waals surface area (Å²) in [5, 5.41) is 3.00. The Morgan fingerprint density at radius 1 is 0.964 bits per heavy atom. The molecule has 0 atom stereocenters. The lowest BCUT2D eigenvalue weighted by atomic mass is 10.1. The molecule has 0 bridgehead atoms. The minimum atomic E-state index is -0.0281. The van der Waals surface area contributed by atoms with E-state index < -0.39 is 0 Å². The van der Waals surface area contributed by atoms with Crippen LogP contribution in [-0.4, -0.2) is 87.2 Å². The Kier molecular flexibility index (Phi) is 6.12. The molecule has 152 valence electrons. The second kappa shape index (κ2) is 8.92. The molecule has 1 N–H and O–H groups in total. The first-order chi connectivity index (χ1) is 13.7. The van der Waals surface area contributed by atoms with Gasteiger partial charge in [0.05, 0.1) is 13.2 Å². The minimum Gasteiger partial charge on any atom is -0.379 e. The zero-order valence-corrected chi connectivity index (χ0v) is 16.4. The molecule has 0 aromatic heterocycles. The Morgan fingerprint density at radius 3 is 2.29 bits per heavy atom. The van der Waals surface area contributed by atoms with Gasteiger partial charge in [0, 0.05) is 69.5 Å². The van der Waals surface area contributed by atoms with Crippen LogP contribution in [0, 0.1) is 5.92 Å². The lowest BCUT2D eigenvalue weighted by Gasteiger charge is -2.36. The highest BCUT2D eigenvalue weighted by molar-refractivity contribution is 5.94. The largest absolute Gasteiger partial charge is 0.379 e. The van der Waals surface area contributed by atoms with Gasteiger partial charge in [0.15, 0.2) is 0 Å². The number of amides is 2. The quantitative estimate of drug-likeness (QED) is 0.784. The number of nitrogens with one attached hydrogen (secondary N) is 1. The van der Waals surface area contributed by atoms with Gasteiger partial charge in [0.2, 0.25) is 5.91 Å². The van der Waals surface area contributed by atoms with Gasteiger partial charge in [-0.15, -0.1) is 0 Å². The van der Waals surface area contributed by atoms with Crippen molar-refractivity contribution in [2.75, 3.05) is 70.5 Å². The molecule has 0 spiro atoms. The number of piperazine rings is 1. The van der Waals surface area contributed by atoms with Crippen molar-refractivity contribution in [3.63, 3.8) is 0 Å². The standard InChI is InChI=1S/C21H30N4O3/c26-20(22-7-8-23-13-15-28-16-14-23)17-3-5-19(6-4-17)24-9-11-25(12-10-24)21(27)18-1-2-18/h3-6,18H,1-2,7-16H2,(H,22,26). The van der Waals surface area contributed by atoms with Crippen molar-refractivity contribution in [3.8, 4) is 0 Å². The number of benzene rings is 1. The maximum absolute atomic E-state index is 12.3. The van der Waals surface area contributed by atoms with Gasteiger partial charge in [-0.05, 0) is 37.1 Å². The highest BCUT2D eigenvalue weighted by Gasteiger charge is 2.34. The van der Waals surface area contributed by atoms with Crippen molar-refractivity contribution in [2.24, 2.45) is 5.92 Å². The summed E-state index contributed by atoms with van der Waals surface area (Å²) < 4.78 is 5.34. The van der Waals surface area contributed by atoms with Crippen LogP contribution >= 0.6 is 0 Å². The van der Waals surface area contributed by atoms with E-state index in [-0.39, 0.29) is 5.91 Å². The monoisotopic (exact) mass is 386 g/mol. The molecule has 2 heterocycles. The Hall–Kier alpha value is -2.12. The number of nitrogens with zero attached hydrogens (tertiary/aromatic N) is 3. The van der Waals surface area contributed by atoms with Crippen molar-refractivity contribution >= 4 is 17.5 Å². The number of rotatable bonds is 6. The molecular weight excluding hydrogens is 356 g/mol. The molecule has 2 amide bonds. The number of carbonyl (C=O) groups is 2. The Balaban J connectivity index is 1.22. The molecule has 0 radical (unpaired) electrons. The topological polar surface area (TPSA) is 65.1 Å². The van der Waals surface area contributed by atoms with Gasteiger partial charge in [0.25, 0.3) is 5.91 Å². The molecule has 2 aliphatic heterocycles. The lowest BCUT2D eigenvalue weighted by molar-refractivity contribution is -0.132. The van der Waals surface area contributed by atoms with Crippen molar-refractivity contribution in [1.82, 2.24) is 15.1 Å². The minimum absolute atomic E-state index is 0.0281. The number of hydrogen-bond donors (Lipinski definition) is 1. The fourth-order valence-corrected chi connectivity index (χ4v) is 3.85. The third kappa shape index (κ3) is 4.83. The van der Waals surface area contributed by atoms with Crippen molar-refractivity contribution in [3.05, 3.63) is 29.8 Å².